The van der Waals surface area contributed by atoms with E-state index in [0.29, 0.717) is 18.1 Å². The predicted molar refractivity (Wildman–Crippen MR) is 102 cm³/mol. The Morgan fingerprint density at radius 3 is 2.85 bits per heavy atom. The summed E-state index contributed by atoms with van der Waals surface area (Å²) in [6.45, 7) is 6.75. The Balaban J connectivity index is 1.63. The molecule has 26 heavy (non-hydrogen) atoms. The van der Waals surface area contributed by atoms with Crippen molar-refractivity contribution in [2.75, 3.05) is 6.54 Å². The van der Waals surface area contributed by atoms with Crippen molar-refractivity contribution in [3.8, 4) is 11.5 Å². The number of nitrogens with one attached hydrogen (secondary N) is 1. The van der Waals surface area contributed by atoms with Crippen molar-refractivity contribution < 1.29 is 0 Å². The van der Waals surface area contributed by atoms with E-state index >= 15 is 0 Å². The van der Waals surface area contributed by atoms with Gasteiger partial charge < -0.3 is 4.98 Å². The Bertz CT molecular complexity index is 995. The van der Waals surface area contributed by atoms with Gasteiger partial charge in [0.15, 0.2) is 5.82 Å². The standard InChI is InChI=1S/C21H22N4O/c1-14-6-5-7-16(15(14)2)12-25-11-9-17-19(13-25)23-20(24-21(17)26)18-8-3-4-10-22-18/h3-8,10H,9,11-13H2,1-2H3,(H,23,24,26). The molecule has 0 unspecified atom stereocenters. The molecule has 1 aliphatic heterocycles. The molecule has 0 fully saturated rings. The van der Waals surface area contributed by atoms with Crippen LogP contribution in [-0.2, 0) is 19.5 Å². The van der Waals surface area contributed by atoms with Crippen LogP contribution in [0.15, 0.2) is 47.4 Å². The third-order valence-corrected chi connectivity index (χ3v) is 5.17. The molecule has 0 saturated heterocycles. The molecule has 3 aromatic rings. The van der Waals surface area contributed by atoms with Crippen molar-refractivity contribution in [1.29, 1.82) is 0 Å². The summed E-state index contributed by atoms with van der Waals surface area (Å²) in [7, 11) is 0. The van der Waals surface area contributed by atoms with Crippen LogP contribution in [0.25, 0.3) is 11.5 Å². The minimum absolute atomic E-state index is 0.0398. The van der Waals surface area contributed by atoms with Crippen LogP contribution in [-0.4, -0.2) is 26.4 Å². The lowest BCUT2D eigenvalue weighted by Gasteiger charge is -2.28. The number of hydrogen-bond acceptors (Lipinski definition) is 4. The maximum absolute atomic E-state index is 12.5. The SMILES string of the molecule is Cc1cccc(CN2CCc3c(nc(-c4ccccn4)[nH]c3=O)C2)c1C. The molecule has 0 radical (unpaired) electrons. The molecule has 4 rings (SSSR count). The zero-order chi connectivity index (χ0) is 18.1. The molecule has 0 bridgehead atoms. The van der Waals surface area contributed by atoms with Gasteiger partial charge in [-0.1, -0.05) is 24.3 Å². The number of rotatable bonds is 3. The smallest absolute Gasteiger partial charge is 0.254 e. The number of hydrogen-bond donors (Lipinski definition) is 1. The number of benzene rings is 1. The van der Waals surface area contributed by atoms with Gasteiger partial charge in [-0.25, -0.2) is 4.98 Å². The molecular formula is C21H22N4O. The Hall–Kier alpha value is -2.79. The van der Waals surface area contributed by atoms with E-state index in [9.17, 15) is 4.79 Å². The maximum atomic E-state index is 12.5. The number of aromatic nitrogens is 3. The summed E-state index contributed by atoms with van der Waals surface area (Å²) < 4.78 is 0. The Morgan fingerprint density at radius 2 is 2.04 bits per heavy atom. The zero-order valence-electron chi connectivity index (χ0n) is 15.1. The van der Waals surface area contributed by atoms with E-state index in [-0.39, 0.29) is 5.56 Å². The second-order valence-corrected chi connectivity index (χ2v) is 6.87. The van der Waals surface area contributed by atoms with Gasteiger partial charge in [0.25, 0.3) is 5.56 Å². The van der Waals surface area contributed by atoms with Gasteiger partial charge in [-0.2, -0.15) is 0 Å². The molecule has 5 nitrogen and oxygen atoms in total. The second kappa shape index (κ2) is 6.84. The van der Waals surface area contributed by atoms with Crippen molar-refractivity contribution in [2.24, 2.45) is 0 Å². The molecule has 1 aliphatic rings. The molecule has 3 heterocycles. The van der Waals surface area contributed by atoms with Crippen LogP contribution in [0.3, 0.4) is 0 Å². The summed E-state index contributed by atoms with van der Waals surface area (Å²) in [5.41, 5.74) is 6.32. The topological polar surface area (TPSA) is 61.9 Å². The summed E-state index contributed by atoms with van der Waals surface area (Å²) in [4.78, 5) is 26.7. The monoisotopic (exact) mass is 346 g/mol. The highest BCUT2D eigenvalue weighted by Gasteiger charge is 2.22. The van der Waals surface area contributed by atoms with Gasteiger partial charge in [0.1, 0.15) is 5.69 Å². The van der Waals surface area contributed by atoms with E-state index in [0.717, 1.165) is 30.8 Å². The normalized spacial score (nSPS) is 14.2. The Kier molecular flexibility index (Phi) is 4.39. The number of H-pyrrole nitrogens is 1. The first-order chi connectivity index (χ1) is 12.6. The van der Waals surface area contributed by atoms with Gasteiger partial charge in [-0.15, -0.1) is 0 Å². The second-order valence-electron chi connectivity index (χ2n) is 6.87. The van der Waals surface area contributed by atoms with Crippen molar-refractivity contribution >= 4 is 0 Å². The van der Waals surface area contributed by atoms with Crippen molar-refractivity contribution in [1.82, 2.24) is 19.9 Å². The van der Waals surface area contributed by atoms with Crippen LogP contribution in [0.2, 0.25) is 0 Å². The molecule has 5 heteroatoms. The minimum atomic E-state index is -0.0398. The average molecular weight is 346 g/mol. The molecule has 0 atom stereocenters. The first-order valence-corrected chi connectivity index (χ1v) is 8.93. The van der Waals surface area contributed by atoms with Crippen molar-refractivity contribution in [3.05, 3.63) is 80.9 Å². The molecule has 0 amide bonds. The largest absolute Gasteiger partial charge is 0.305 e. The molecule has 0 saturated carbocycles. The number of aromatic amines is 1. The summed E-state index contributed by atoms with van der Waals surface area (Å²) in [6, 6.07) is 12.0. The molecule has 2 aromatic heterocycles. The summed E-state index contributed by atoms with van der Waals surface area (Å²) >= 11 is 0. The highest BCUT2D eigenvalue weighted by Crippen LogP contribution is 2.21. The van der Waals surface area contributed by atoms with E-state index < -0.39 is 0 Å². The van der Waals surface area contributed by atoms with E-state index in [1.807, 2.05) is 18.2 Å². The molecule has 0 spiro atoms. The first kappa shape index (κ1) is 16.7. The predicted octanol–water partition coefficient (Wildman–Crippen LogP) is 3.01. The van der Waals surface area contributed by atoms with Crippen molar-refractivity contribution in [2.45, 2.75) is 33.4 Å². The highest BCUT2D eigenvalue weighted by atomic mass is 16.1. The van der Waals surface area contributed by atoms with Crippen LogP contribution in [0, 0.1) is 13.8 Å². The van der Waals surface area contributed by atoms with E-state index in [4.69, 9.17) is 4.98 Å². The quantitative estimate of drug-likeness (QED) is 0.792. The van der Waals surface area contributed by atoms with E-state index in [2.05, 4.69) is 46.9 Å². The van der Waals surface area contributed by atoms with Gasteiger partial charge in [0, 0.05) is 31.4 Å². The van der Waals surface area contributed by atoms with Crippen LogP contribution in [0.5, 0.6) is 0 Å². The Morgan fingerprint density at radius 1 is 1.15 bits per heavy atom. The van der Waals surface area contributed by atoms with Gasteiger partial charge in [-0.3, -0.25) is 14.7 Å². The number of fused-ring (bicyclic) bond motifs is 1. The third kappa shape index (κ3) is 3.18. The molecular weight excluding hydrogens is 324 g/mol. The average Bonchev–Trinajstić information content (AvgIpc) is 2.66. The van der Waals surface area contributed by atoms with Crippen LogP contribution in [0.4, 0.5) is 0 Å². The summed E-state index contributed by atoms with van der Waals surface area (Å²) in [5.74, 6) is 0.544. The fraction of sp³-hybridized carbons (Fsp3) is 0.286. The van der Waals surface area contributed by atoms with Gasteiger partial charge >= 0.3 is 0 Å². The van der Waals surface area contributed by atoms with Crippen LogP contribution < -0.4 is 5.56 Å². The van der Waals surface area contributed by atoms with Crippen LogP contribution >= 0.6 is 0 Å². The van der Waals surface area contributed by atoms with Gasteiger partial charge in [-0.05, 0) is 49.1 Å². The first-order valence-electron chi connectivity index (χ1n) is 8.93. The molecule has 1 N–H and O–H groups in total. The minimum Gasteiger partial charge on any atom is -0.305 e. The molecule has 0 aliphatic carbocycles. The molecule has 132 valence electrons. The fourth-order valence-corrected chi connectivity index (χ4v) is 3.48. The third-order valence-electron chi connectivity index (χ3n) is 5.17. The number of nitrogens with zero attached hydrogens (tertiary/aromatic N) is 3. The van der Waals surface area contributed by atoms with Crippen LogP contribution in [0.1, 0.15) is 27.9 Å². The van der Waals surface area contributed by atoms with Gasteiger partial charge in [0.05, 0.1) is 5.69 Å². The lowest BCUT2D eigenvalue weighted by molar-refractivity contribution is 0.240. The van der Waals surface area contributed by atoms with E-state index in [1.54, 1.807) is 6.20 Å². The lowest BCUT2D eigenvalue weighted by atomic mass is 10.0. The van der Waals surface area contributed by atoms with Gasteiger partial charge in [0.2, 0.25) is 0 Å². The summed E-state index contributed by atoms with van der Waals surface area (Å²) in [6.07, 6.45) is 2.44. The highest BCUT2D eigenvalue weighted by molar-refractivity contribution is 5.49. The zero-order valence-corrected chi connectivity index (χ0v) is 15.1. The van der Waals surface area contributed by atoms with E-state index in [1.165, 1.54) is 16.7 Å². The summed E-state index contributed by atoms with van der Waals surface area (Å²) in [5, 5.41) is 0. The number of aryl methyl sites for hydroxylation is 1. The fourth-order valence-electron chi connectivity index (χ4n) is 3.48. The molecule has 1 aromatic carbocycles. The maximum Gasteiger partial charge on any atom is 0.254 e. The van der Waals surface area contributed by atoms with Crippen molar-refractivity contribution in [3.63, 3.8) is 0 Å². The number of pyridine rings is 1. The Labute approximate surface area is 152 Å². The lowest BCUT2D eigenvalue weighted by Crippen LogP contribution is -2.35.